The van der Waals surface area contributed by atoms with Crippen molar-refractivity contribution in [1.29, 1.82) is 0 Å². The molecular weight excluding hydrogens is 276 g/mol. The highest BCUT2D eigenvalue weighted by Gasteiger charge is 2.39. The molecule has 1 aromatic rings. The van der Waals surface area contributed by atoms with Crippen molar-refractivity contribution in [2.45, 2.75) is 44.9 Å². The van der Waals surface area contributed by atoms with E-state index in [0.717, 1.165) is 38.7 Å². The Morgan fingerprint density at radius 2 is 2.14 bits per heavy atom. The van der Waals surface area contributed by atoms with E-state index in [-0.39, 0.29) is 0 Å². The van der Waals surface area contributed by atoms with E-state index in [2.05, 4.69) is 28.0 Å². The first-order valence-corrected chi connectivity index (χ1v) is 8.76. The molecule has 3 aliphatic rings. The highest BCUT2D eigenvalue weighted by Crippen LogP contribution is 2.33. The van der Waals surface area contributed by atoms with Gasteiger partial charge in [-0.15, -0.1) is 0 Å². The smallest absolute Gasteiger partial charge is 0.0755 e. The van der Waals surface area contributed by atoms with Crippen molar-refractivity contribution in [2.75, 3.05) is 32.8 Å². The third-order valence-corrected chi connectivity index (χ3v) is 5.48. The van der Waals surface area contributed by atoms with E-state index in [0.29, 0.717) is 12.1 Å². The second-order valence-electron chi connectivity index (χ2n) is 7.35. The molecule has 1 aliphatic carbocycles. The zero-order chi connectivity index (χ0) is 15.1. The molecule has 3 heterocycles. The zero-order valence-corrected chi connectivity index (χ0v) is 13.9. The Bertz CT molecular complexity index is 525. The number of rotatable bonds is 4. The lowest BCUT2D eigenvalue weighted by molar-refractivity contribution is -0.105. The molecule has 5 nitrogen and oxygen atoms in total. The first-order chi connectivity index (χ1) is 10.7. The second kappa shape index (κ2) is 5.95. The fourth-order valence-corrected chi connectivity index (χ4v) is 4.05. The molecule has 2 aliphatic heterocycles. The topological polar surface area (TPSA) is 33.5 Å². The van der Waals surface area contributed by atoms with Gasteiger partial charge in [0.25, 0.3) is 0 Å². The Morgan fingerprint density at radius 1 is 1.27 bits per heavy atom. The Hall–Kier alpha value is -0.910. The molecule has 1 aromatic heterocycles. The largest absolute Gasteiger partial charge is 0.375 e. The number of morpholine rings is 1. The SMILES string of the molecule is Cc1nn(C)cc1CN1CC[C@@H]2OCCN(CC3CC3)[C@H]2C1. The van der Waals surface area contributed by atoms with Crippen LogP contribution in [-0.2, 0) is 18.3 Å². The maximum Gasteiger partial charge on any atom is 0.0755 e. The van der Waals surface area contributed by atoms with E-state index in [4.69, 9.17) is 4.74 Å². The fourth-order valence-electron chi connectivity index (χ4n) is 4.05. The van der Waals surface area contributed by atoms with Crippen LogP contribution in [-0.4, -0.2) is 64.5 Å². The molecule has 0 bridgehead atoms. The summed E-state index contributed by atoms with van der Waals surface area (Å²) >= 11 is 0. The highest BCUT2D eigenvalue weighted by molar-refractivity contribution is 5.15. The predicted molar refractivity (Wildman–Crippen MR) is 85.7 cm³/mol. The van der Waals surface area contributed by atoms with Crippen LogP contribution in [0.3, 0.4) is 0 Å². The first kappa shape index (κ1) is 14.7. The van der Waals surface area contributed by atoms with Crippen LogP contribution in [0.1, 0.15) is 30.5 Å². The van der Waals surface area contributed by atoms with Crippen molar-refractivity contribution < 1.29 is 4.74 Å². The summed E-state index contributed by atoms with van der Waals surface area (Å²) in [4.78, 5) is 5.31. The molecular formula is C17H28N4O. The molecule has 5 heteroatoms. The van der Waals surface area contributed by atoms with Crippen molar-refractivity contribution >= 4 is 0 Å². The second-order valence-corrected chi connectivity index (χ2v) is 7.35. The normalized spacial score (nSPS) is 30.5. The van der Waals surface area contributed by atoms with E-state index in [9.17, 15) is 0 Å². The number of nitrogens with zero attached hydrogens (tertiary/aromatic N) is 4. The van der Waals surface area contributed by atoms with Crippen molar-refractivity contribution in [3.63, 3.8) is 0 Å². The van der Waals surface area contributed by atoms with Gasteiger partial charge in [0.15, 0.2) is 0 Å². The lowest BCUT2D eigenvalue weighted by Crippen LogP contribution is -2.60. The van der Waals surface area contributed by atoms with Crippen LogP contribution in [0.2, 0.25) is 0 Å². The Kier molecular flexibility index (Phi) is 3.96. The van der Waals surface area contributed by atoms with Gasteiger partial charge in [-0.05, 0) is 32.1 Å². The summed E-state index contributed by atoms with van der Waals surface area (Å²) in [6, 6.07) is 0.597. The van der Waals surface area contributed by atoms with E-state index in [1.165, 1.54) is 37.1 Å². The van der Waals surface area contributed by atoms with Gasteiger partial charge < -0.3 is 4.74 Å². The van der Waals surface area contributed by atoms with Gasteiger partial charge in [0.2, 0.25) is 0 Å². The van der Waals surface area contributed by atoms with Crippen molar-refractivity contribution in [3.8, 4) is 0 Å². The number of fused-ring (bicyclic) bond motifs is 1. The standard InChI is InChI=1S/C17H28N4O/c1-13-15(10-19(2)18-13)11-20-6-5-17-16(12-20)21(7-8-22-17)9-14-3-4-14/h10,14,16-17H,3-9,11-12H2,1-2H3/t16-,17-/m0/s1. The summed E-state index contributed by atoms with van der Waals surface area (Å²) in [6.45, 7) is 8.78. The molecule has 22 heavy (non-hydrogen) atoms. The number of hydrogen-bond acceptors (Lipinski definition) is 4. The average Bonchev–Trinajstić information content (AvgIpc) is 3.25. The van der Waals surface area contributed by atoms with Crippen LogP contribution >= 0.6 is 0 Å². The van der Waals surface area contributed by atoms with Gasteiger partial charge in [-0.2, -0.15) is 5.10 Å². The minimum absolute atomic E-state index is 0.457. The van der Waals surface area contributed by atoms with Crippen LogP contribution in [0.15, 0.2) is 6.20 Å². The molecule has 122 valence electrons. The van der Waals surface area contributed by atoms with Crippen LogP contribution in [0.4, 0.5) is 0 Å². The molecule has 0 radical (unpaired) electrons. The summed E-state index contributed by atoms with van der Waals surface area (Å²) in [5.74, 6) is 0.967. The number of aryl methyl sites for hydroxylation is 2. The number of likely N-dealkylation sites (tertiary alicyclic amines) is 1. The first-order valence-electron chi connectivity index (χ1n) is 8.76. The molecule has 1 saturated carbocycles. The monoisotopic (exact) mass is 304 g/mol. The summed E-state index contributed by atoms with van der Waals surface area (Å²) in [7, 11) is 2.01. The van der Waals surface area contributed by atoms with E-state index in [1.807, 2.05) is 11.7 Å². The summed E-state index contributed by atoms with van der Waals surface area (Å²) in [6.07, 6.45) is 6.67. The third-order valence-electron chi connectivity index (χ3n) is 5.48. The maximum atomic E-state index is 6.06. The van der Waals surface area contributed by atoms with Gasteiger partial charge in [0.05, 0.1) is 18.4 Å². The highest BCUT2D eigenvalue weighted by atomic mass is 16.5. The zero-order valence-electron chi connectivity index (χ0n) is 13.9. The Morgan fingerprint density at radius 3 is 2.86 bits per heavy atom. The molecule has 2 saturated heterocycles. The minimum atomic E-state index is 0.457. The Labute approximate surface area is 133 Å². The number of hydrogen-bond donors (Lipinski definition) is 0. The number of ether oxygens (including phenoxy) is 1. The van der Waals surface area contributed by atoms with Gasteiger partial charge in [0, 0.05) is 57.6 Å². The Balaban J connectivity index is 1.41. The van der Waals surface area contributed by atoms with Gasteiger partial charge in [-0.3, -0.25) is 14.5 Å². The van der Waals surface area contributed by atoms with Crippen molar-refractivity contribution in [1.82, 2.24) is 19.6 Å². The van der Waals surface area contributed by atoms with Crippen LogP contribution in [0.5, 0.6) is 0 Å². The van der Waals surface area contributed by atoms with Crippen molar-refractivity contribution in [2.24, 2.45) is 13.0 Å². The van der Waals surface area contributed by atoms with E-state index < -0.39 is 0 Å². The van der Waals surface area contributed by atoms with E-state index in [1.54, 1.807) is 0 Å². The number of piperidine rings is 1. The lowest BCUT2D eigenvalue weighted by Gasteiger charge is -2.47. The molecule has 4 rings (SSSR count). The van der Waals surface area contributed by atoms with Crippen molar-refractivity contribution in [3.05, 3.63) is 17.5 Å². The molecule has 0 unspecified atom stereocenters. The maximum absolute atomic E-state index is 6.06. The van der Waals surface area contributed by atoms with E-state index >= 15 is 0 Å². The van der Waals surface area contributed by atoms with Gasteiger partial charge in [-0.25, -0.2) is 0 Å². The van der Waals surface area contributed by atoms with Gasteiger partial charge in [-0.1, -0.05) is 0 Å². The lowest BCUT2D eigenvalue weighted by atomic mass is 9.98. The molecule has 2 atom stereocenters. The average molecular weight is 304 g/mol. The molecule has 0 spiro atoms. The molecule has 0 aromatic carbocycles. The quantitative estimate of drug-likeness (QED) is 0.842. The molecule has 3 fully saturated rings. The van der Waals surface area contributed by atoms with Gasteiger partial charge >= 0.3 is 0 Å². The predicted octanol–water partition coefficient (Wildman–Crippen LogP) is 1.41. The number of aromatic nitrogens is 2. The summed E-state index contributed by atoms with van der Waals surface area (Å²) in [5, 5.41) is 4.48. The van der Waals surface area contributed by atoms with Crippen LogP contribution in [0.25, 0.3) is 0 Å². The summed E-state index contributed by atoms with van der Waals surface area (Å²) in [5.41, 5.74) is 2.53. The molecule has 0 amide bonds. The third kappa shape index (κ3) is 3.07. The summed E-state index contributed by atoms with van der Waals surface area (Å²) < 4.78 is 7.99. The van der Waals surface area contributed by atoms with Crippen LogP contribution in [0, 0.1) is 12.8 Å². The van der Waals surface area contributed by atoms with Gasteiger partial charge in [0.1, 0.15) is 0 Å². The fraction of sp³-hybridized carbons (Fsp3) is 0.824. The molecule has 0 N–H and O–H groups in total. The van der Waals surface area contributed by atoms with Crippen LogP contribution < -0.4 is 0 Å². The minimum Gasteiger partial charge on any atom is -0.375 e.